The number of para-hydroxylation sites is 1. The van der Waals surface area contributed by atoms with E-state index in [9.17, 15) is 9.59 Å². The Bertz CT molecular complexity index is 1080. The van der Waals surface area contributed by atoms with E-state index in [2.05, 4.69) is 10.4 Å². The fourth-order valence-corrected chi connectivity index (χ4v) is 4.35. The molecule has 0 saturated carbocycles. The van der Waals surface area contributed by atoms with Crippen molar-refractivity contribution in [3.63, 3.8) is 0 Å². The molecule has 2 amide bonds. The smallest absolute Gasteiger partial charge is 0.248 e. The SMILES string of the molecule is COc1ccc(NC(=O)C2CSCN2C(=O)/C=C/c2cnn(-c3ccccc3)c2)cc1. The topological polar surface area (TPSA) is 76.5 Å². The zero-order valence-corrected chi connectivity index (χ0v) is 17.8. The van der Waals surface area contributed by atoms with Crippen LogP contribution in [0.15, 0.2) is 73.1 Å². The number of anilines is 1. The van der Waals surface area contributed by atoms with E-state index >= 15 is 0 Å². The average Bonchev–Trinajstić information content (AvgIpc) is 3.49. The lowest BCUT2D eigenvalue weighted by molar-refractivity contribution is -0.132. The molecule has 1 aromatic heterocycles. The zero-order chi connectivity index (χ0) is 21.6. The van der Waals surface area contributed by atoms with E-state index in [1.54, 1.807) is 65.0 Å². The molecular formula is C23H22N4O3S. The number of benzene rings is 2. The summed E-state index contributed by atoms with van der Waals surface area (Å²) in [5.41, 5.74) is 2.42. The Kier molecular flexibility index (Phi) is 6.37. The summed E-state index contributed by atoms with van der Waals surface area (Å²) < 4.78 is 6.88. The number of carbonyl (C=O) groups excluding carboxylic acids is 2. The van der Waals surface area contributed by atoms with Gasteiger partial charge in [-0.25, -0.2) is 4.68 Å². The highest BCUT2D eigenvalue weighted by Crippen LogP contribution is 2.23. The van der Waals surface area contributed by atoms with Crippen molar-refractivity contribution in [3.05, 3.63) is 78.6 Å². The molecule has 1 atom stereocenters. The van der Waals surface area contributed by atoms with Gasteiger partial charge in [0.15, 0.2) is 0 Å². The van der Waals surface area contributed by atoms with Crippen molar-refractivity contribution >= 4 is 35.3 Å². The summed E-state index contributed by atoms with van der Waals surface area (Å²) in [5, 5.41) is 7.20. The van der Waals surface area contributed by atoms with Crippen molar-refractivity contribution in [1.82, 2.24) is 14.7 Å². The van der Waals surface area contributed by atoms with Gasteiger partial charge in [-0.1, -0.05) is 18.2 Å². The van der Waals surface area contributed by atoms with Crippen LogP contribution in [0.2, 0.25) is 0 Å². The lowest BCUT2D eigenvalue weighted by Gasteiger charge is -2.21. The third-order valence-corrected chi connectivity index (χ3v) is 5.88. The monoisotopic (exact) mass is 434 g/mol. The van der Waals surface area contributed by atoms with Gasteiger partial charge < -0.3 is 15.0 Å². The van der Waals surface area contributed by atoms with Gasteiger partial charge in [-0.05, 0) is 42.5 Å². The molecule has 0 spiro atoms. The molecule has 0 aliphatic carbocycles. The Balaban J connectivity index is 1.39. The molecule has 2 aromatic carbocycles. The van der Waals surface area contributed by atoms with Gasteiger partial charge in [0.05, 0.1) is 24.9 Å². The molecule has 2 heterocycles. The largest absolute Gasteiger partial charge is 0.497 e. The van der Waals surface area contributed by atoms with Gasteiger partial charge in [0.25, 0.3) is 0 Å². The Morgan fingerprint density at radius 1 is 1.16 bits per heavy atom. The van der Waals surface area contributed by atoms with Crippen molar-refractivity contribution in [2.45, 2.75) is 6.04 Å². The van der Waals surface area contributed by atoms with E-state index in [0.717, 1.165) is 11.3 Å². The molecule has 3 aromatic rings. The van der Waals surface area contributed by atoms with Crippen LogP contribution in [0, 0.1) is 0 Å². The summed E-state index contributed by atoms with van der Waals surface area (Å²) in [6, 6.07) is 16.3. The summed E-state index contributed by atoms with van der Waals surface area (Å²) in [4.78, 5) is 27.1. The minimum Gasteiger partial charge on any atom is -0.497 e. The molecule has 1 aliphatic heterocycles. The van der Waals surface area contributed by atoms with Crippen molar-refractivity contribution in [3.8, 4) is 11.4 Å². The van der Waals surface area contributed by atoms with Crippen LogP contribution in [0.1, 0.15) is 5.56 Å². The molecular weight excluding hydrogens is 412 g/mol. The third kappa shape index (κ3) is 4.97. The Hall–Kier alpha value is -3.52. The summed E-state index contributed by atoms with van der Waals surface area (Å²) in [7, 11) is 1.59. The predicted molar refractivity (Wildman–Crippen MR) is 122 cm³/mol. The van der Waals surface area contributed by atoms with Crippen LogP contribution in [0.25, 0.3) is 11.8 Å². The Morgan fingerprint density at radius 2 is 1.94 bits per heavy atom. The van der Waals surface area contributed by atoms with Crippen LogP contribution in [0.3, 0.4) is 0 Å². The van der Waals surface area contributed by atoms with E-state index in [1.807, 2.05) is 36.5 Å². The zero-order valence-electron chi connectivity index (χ0n) is 17.0. The minimum absolute atomic E-state index is 0.200. The van der Waals surface area contributed by atoms with Crippen molar-refractivity contribution in [2.24, 2.45) is 0 Å². The average molecular weight is 435 g/mol. The number of ether oxygens (including phenoxy) is 1. The standard InChI is InChI=1S/C23H22N4O3S/c1-30-20-10-8-18(9-11-20)25-23(29)21-15-31-16-26(21)22(28)12-7-17-13-24-27(14-17)19-5-3-2-4-6-19/h2-14,21H,15-16H2,1H3,(H,25,29)/b12-7+. The number of amides is 2. The second-order valence-electron chi connectivity index (χ2n) is 6.93. The number of hydrogen-bond acceptors (Lipinski definition) is 5. The fraction of sp³-hybridized carbons (Fsp3) is 0.174. The molecule has 1 saturated heterocycles. The van der Waals surface area contributed by atoms with E-state index in [1.165, 1.54) is 6.08 Å². The molecule has 7 nitrogen and oxygen atoms in total. The number of nitrogens with zero attached hydrogens (tertiary/aromatic N) is 3. The van der Waals surface area contributed by atoms with Crippen LogP contribution in [0.4, 0.5) is 5.69 Å². The van der Waals surface area contributed by atoms with Crippen molar-refractivity contribution < 1.29 is 14.3 Å². The maximum Gasteiger partial charge on any atom is 0.248 e. The molecule has 1 N–H and O–H groups in total. The van der Waals surface area contributed by atoms with Gasteiger partial charge in [0.2, 0.25) is 11.8 Å². The van der Waals surface area contributed by atoms with E-state index in [4.69, 9.17) is 4.74 Å². The van der Waals surface area contributed by atoms with Crippen LogP contribution in [-0.2, 0) is 9.59 Å². The first-order valence-electron chi connectivity index (χ1n) is 9.75. The van der Waals surface area contributed by atoms with Crippen LogP contribution >= 0.6 is 11.8 Å². The lowest BCUT2D eigenvalue weighted by Crippen LogP contribution is -2.43. The molecule has 1 aliphatic rings. The molecule has 8 heteroatoms. The molecule has 0 bridgehead atoms. The van der Waals surface area contributed by atoms with E-state index in [0.29, 0.717) is 23.1 Å². The van der Waals surface area contributed by atoms with Gasteiger partial charge >= 0.3 is 0 Å². The molecule has 158 valence electrons. The highest BCUT2D eigenvalue weighted by Gasteiger charge is 2.33. The number of thioether (sulfide) groups is 1. The van der Waals surface area contributed by atoms with Crippen LogP contribution < -0.4 is 10.1 Å². The van der Waals surface area contributed by atoms with E-state index in [-0.39, 0.29) is 11.8 Å². The van der Waals surface area contributed by atoms with Gasteiger partial charge in [-0.15, -0.1) is 11.8 Å². The minimum atomic E-state index is -0.517. The number of methoxy groups -OCH3 is 1. The highest BCUT2D eigenvalue weighted by molar-refractivity contribution is 7.99. The summed E-state index contributed by atoms with van der Waals surface area (Å²) in [6.45, 7) is 0. The van der Waals surface area contributed by atoms with Crippen LogP contribution in [0.5, 0.6) is 5.75 Å². The number of nitrogens with one attached hydrogen (secondary N) is 1. The first kappa shape index (κ1) is 20.7. The second-order valence-corrected chi connectivity index (χ2v) is 7.93. The number of hydrogen-bond donors (Lipinski definition) is 1. The quantitative estimate of drug-likeness (QED) is 0.602. The molecule has 1 fully saturated rings. The second kappa shape index (κ2) is 9.53. The predicted octanol–water partition coefficient (Wildman–Crippen LogP) is 3.43. The third-order valence-electron chi connectivity index (χ3n) is 4.87. The Morgan fingerprint density at radius 3 is 2.68 bits per heavy atom. The Labute approximate surface area is 184 Å². The summed E-state index contributed by atoms with van der Waals surface area (Å²) >= 11 is 1.56. The van der Waals surface area contributed by atoms with Crippen molar-refractivity contribution in [1.29, 1.82) is 0 Å². The molecule has 1 unspecified atom stereocenters. The van der Waals surface area contributed by atoms with E-state index < -0.39 is 6.04 Å². The van der Waals surface area contributed by atoms with Crippen molar-refractivity contribution in [2.75, 3.05) is 24.1 Å². The van der Waals surface area contributed by atoms with Crippen LogP contribution in [-0.4, -0.2) is 51.3 Å². The summed E-state index contributed by atoms with van der Waals surface area (Å²) in [5.74, 6) is 1.36. The lowest BCUT2D eigenvalue weighted by atomic mass is 10.2. The summed E-state index contributed by atoms with van der Waals surface area (Å²) in [6.07, 6.45) is 6.76. The maximum absolute atomic E-state index is 12.7. The number of rotatable bonds is 6. The van der Waals surface area contributed by atoms with Gasteiger partial charge in [0, 0.05) is 29.3 Å². The highest BCUT2D eigenvalue weighted by atomic mass is 32.2. The first-order valence-corrected chi connectivity index (χ1v) is 10.9. The molecule has 31 heavy (non-hydrogen) atoms. The number of carbonyl (C=O) groups is 2. The van der Waals surface area contributed by atoms with Gasteiger partial charge in [0.1, 0.15) is 11.8 Å². The number of aromatic nitrogens is 2. The first-order chi connectivity index (χ1) is 15.1. The molecule has 0 radical (unpaired) electrons. The van der Waals surface area contributed by atoms with Gasteiger partial charge in [-0.3, -0.25) is 9.59 Å². The fourth-order valence-electron chi connectivity index (χ4n) is 3.18. The maximum atomic E-state index is 12.7. The normalized spacial score (nSPS) is 15.9. The molecule has 4 rings (SSSR count). The van der Waals surface area contributed by atoms with Gasteiger partial charge in [-0.2, -0.15) is 5.10 Å².